The van der Waals surface area contributed by atoms with Gasteiger partial charge in [0.15, 0.2) is 5.82 Å². The molecule has 1 aliphatic carbocycles. The van der Waals surface area contributed by atoms with Crippen molar-refractivity contribution in [3.8, 4) is 11.5 Å². The number of hydrogen-bond acceptors (Lipinski definition) is 3. The summed E-state index contributed by atoms with van der Waals surface area (Å²) in [6, 6.07) is 6.51. The van der Waals surface area contributed by atoms with Crippen molar-refractivity contribution in [2.75, 3.05) is 11.9 Å². The summed E-state index contributed by atoms with van der Waals surface area (Å²) in [6.07, 6.45) is 2.55. The van der Waals surface area contributed by atoms with Crippen LogP contribution < -0.4 is 5.32 Å². The normalized spacial score (nSPS) is 19.4. The summed E-state index contributed by atoms with van der Waals surface area (Å²) in [5.74, 6) is 1.53. The second-order valence-electron chi connectivity index (χ2n) is 7.22. The molecule has 0 bridgehead atoms. The van der Waals surface area contributed by atoms with Crippen LogP contribution in [0.2, 0.25) is 0 Å². The number of aromatic nitrogens is 4. The molecule has 5 heteroatoms. The topological polar surface area (TPSA) is 69.4 Å². The van der Waals surface area contributed by atoms with Gasteiger partial charge < -0.3 is 10.3 Å². The Kier molecular flexibility index (Phi) is 2.18. The molecule has 0 radical (unpaired) electrons. The zero-order valence-corrected chi connectivity index (χ0v) is 12.8. The highest BCUT2D eigenvalue weighted by Gasteiger charge is 2.30. The number of anilines is 1. The van der Waals surface area contributed by atoms with Gasteiger partial charge in [0.1, 0.15) is 5.69 Å². The number of hydrogen-bond donors (Lipinski definition) is 3. The van der Waals surface area contributed by atoms with Gasteiger partial charge in [0.25, 0.3) is 0 Å². The average Bonchev–Trinajstić information content (AvgIpc) is 2.96. The van der Waals surface area contributed by atoms with Crippen LogP contribution in [0.5, 0.6) is 0 Å². The molecule has 112 valence electrons. The lowest BCUT2D eigenvalue weighted by Gasteiger charge is -2.16. The molecular weight excluding hydrogens is 274 g/mol. The van der Waals surface area contributed by atoms with Crippen molar-refractivity contribution < 1.29 is 0 Å². The number of H-pyrrole nitrogens is 2. The largest absolute Gasteiger partial charge is 0.384 e. The number of benzene rings is 1. The van der Waals surface area contributed by atoms with Gasteiger partial charge in [-0.2, -0.15) is 5.10 Å². The SMILES string of the molecule is CC1(C)CNc2cc3nc(-c4cc(C5CC5)[nH]n4)[nH]c3cc21. The van der Waals surface area contributed by atoms with Crippen molar-refractivity contribution in [3.05, 3.63) is 29.5 Å². The van der Waals surface area contributed by atoms with Crippen molar-refractivity contribution in [1.82, 2.24) is 20.2 Å². The molecule has 0 atom stereocenters. The molecule has 1 aromatic carbocycles. The fourth-order valence-electron chi connectivity index (χ4n) is 3.36. The molecule has 5 nitrogen and oxygen atoms in total. The first kappa shape index (κ1) is 12.3. The van der Waals surface area contributed by atoms with Gasteiger partial charge >= 0.3 is 0 Å². The van der Waals surface area contributed by atoms with Crippen LogP contribution >= 0.6 is 0 Å². The quantitative estimate of drug-likeness (QED) is 0.677. The molecule has 0 spiro atoms. The van der Waals surface area contributed by atoms with Crippen molar-refractivity contribution in [2.24, 2.45) is 0 Å². The van der Waals surface area contributed by atoms with E-state index in [0.29, 0.717) is 5.92 Å². The Bertz CT molecular complexity index is 882. The van der Waals surface area contributed by atoms with E-state index in [9.17, 15) is 0 Å². The number of fused-ring (bicyclic) bond motifs is 2. The van der Waals surface area contributed by atoms with E-state index in [1.54, 1.807) is 0 Å². The second kappa shape index (κ2) is 3.91. The lowest BCUT2D eigenvalue weighted by atomic mass is 9.87. The van der Waals surface area contributed by atoms with Crippen LogP contribution in [0.3, 0.4) is 0 Å². The molecule has 0 saturated heterocycles. The third-order valence-corrected chi connectivity index (χ3v) is 4.93. The van der Waals surface area contributed by atoms with Gasteiger partial charge in [0.05, 0.1) is 11.0 Å². The monoisotopic (exact) mass is 293 g/mol. The minimum atomic E-state index is 0.167. The maximum Gasteiger partial charge on any atom is 0.159 e. The molecular formula is C17H19N5. The summed E-state index contributed by atoms with van der Waals surface area (Å²) in [7, 11) is 0. The minimum Gasteiger partial charge on any atom is -0.384 e. The molecule has 3 aromatic rings. The van der Waals surface area contributed by atoms with Gasteiger partial charge in [0, 0.05) is 29.3 Å². The smallest absolute Gasteiger partial charge is 0.159 e. The van der Waals surface area contributed by atoms with Crippen molar-refractivity contribution in [2.45, 2.75) is 38.0 Å². The predicted octanol–water partition coefficient (Wildman–Crippen LogP) is 3.53. The van der Waals surface area contributed by atoms with E-state index in [4.69, 9.17) is 4.98 Å². The Morgan fingerprint density at radius 2 is 2.05 bits per heavy atom. The van der Waals surface area contributed by atoms with E-state index in [2.05, 4.69) is 52.5 Å². The first-order chi connectivity index (χ1) is 10.6. The maximum atomic E-state index is 4.72. The van der Waals surface area contributed by atoms with E-state index in [1.807, 2.05) is 0 Å². The zero-order valence-electron chi connectivity index (χ0n) is 12.8. The van der Waals surface area contributed by atoms with E-state index in [-0.39, 0.29) is 5.41 Å². The van der Waals surface area contributed by atoms with Gasteiger partial charge in [-0.3, -0.25) is 5.10 Å². The first-order valence-electron chi connectivity index (χ1n) is 7.94. The zero-order chi connectivity index (χ0) is 14.9. The van der Waals surface area contributed by atoms with Gasteiger partial charge in [0.2, 0.25) is 0 Å². The Labute approximate surface area is 128 Å². The molecule has 22 heavy (non-hydrogen) atoms. The fourth-order valence-corrected chi connectivity index (χ4v) is 3.36. The summed E-state index contributed by atoms with van der Waals surface area (Å²) in [6.45, 7) is 5.51. The predicted molar refractivity (Wildman–Crippen MR) is 87.2 cm³/mol. The highest BCUT2D eigenvalue weighted by Crippen LogP contribution is 2.41. The highest BCUT2D eigenvalue weighted by atomic mass is 15.1. The second-order valence-corrected chi connectivity index (χ2v) is 7.22. The van der Waals surface area contributed by atoms with Crippen molar-refractivity contribution in [1.29, 1.82) is 0 Å². The third kappa shape index (κ3) is 1.71. The van der Waals surface area contributed by atoms with Crippen LogP contribution in [0.1, 0.15) is 43.9 Å². The summed E-state index contributed by atoms with van der Waals surface area (Å²) >= 11 is 0. The number of rotatable bonds is 2. The fraction of sp³-hybridized carbons (Fsp3) is 0.412. The number of nitrogens with one attached hydrogen (secondary N) is 3. The Morgan fingerprint density at radius 1 is 1.18 bits per heavy atom. The Balaban J connectivity index is 1.61. The van der Waals surface area contributed by atoms with Gasteiger partial charge in [-0.1, -0.05) is 13.8 Å². The van der Waals surface area contributed by atoms with Gasteiger partial charge in [-0.15, -0.1) is 0 Å². The number of imidazole rings is 1. The Morgan fingerprint density at radius 3 is 2.86 bits per heavy atom. The van der Waals surface area contributed by atoms with E-state index >= 15 is 0 Å². The van der Waals surface area contributed by atoms with Crippen LogP contribution in [-0.2, 0) is 5.41 Å². The van der Waals surface area contributed by atoms with E-state index in [0.717, 1.165) is 29.1 Å². The lowest BCUT2D eigenvalue weighted by Crippen LogP contribution is -2.18. The molecule has 3 heterocycles. The van der Waals surface area contributed by atoms with Crippen LogP contribution in [-0.4, -0.2) is 26.7 Å². The molecule has 0 amide bonds. The molecule has 5 rings (SSSR count). The summed E-state index contributed by atoms with van der Waals surface area (Å²) < 4.78 is 0. The summed E-state index contributed by atoms with van der Waals surface area (Å²) in [5, 5.41) is 11.0. The highest BCUT2D eigenvalue weighted by molar-refractivity contribution is 5.85. The number of nitrogens with zero attached hydrogens (tertiary/aromatic N) is 2. The van der Waals surface area contributed by atoms with E-state index in [1.165, 1.54) is 29.8 Å². The Hall–Kier alpha value is -2.30. The van der Waals surface area contributed by atoms with E-state index < -0.39 is 0 Å². The van der Waals surface area contributed by atoms with Crippen LogP contribution in [0.15, 0.2) is 18.2 Å². The molecule has 0 unspecified atom stereocenters. The lowest BCUT2D eigenvalue weighted by molar-refractivity contribution is 0.586. The molecule has 3 N–H and O–H groups in total. The molecule has 2 aromatic heterocycles. The van der Waals surface area contributed by atoms with Crippen LogP contribution in [0, 0.1) is 0 Å². The first-order valence-corrected chi connectivity index (χ1v) is 7.94. The molecule has 1 fully saturated rings. The average molecular weight is 293 g/mol. The van der Waals surface area contributed by atoms with Crippen molar-refractivity contribution >= 4 is 16.7 Å². The maximum absolute atomic E-state index is 4.72. The van der Waals surface area contributed by atoms with Gasteiger partial charge in [-0.05, 0) is 36.6 Å². The van der Waals surface area contributed by atoms with Crippen LogP contribution in [0.4, 0.5) is 5.69 Å². The standard InChI is InChI=1S/C17H19N5/c1-17(2)8-18-12-7-14-13(5-10(12)17)19-16(20-14)15-6-11(21-22-15)9-3-4-9/h5-7,9,18H,3-4,8H2,1-2H3,(H,19,20)(H,21,22). The number of aromatic amines is 2. The van der Waals surface area contributed by atoms with Gasteiger partial charge in [-0.25, -0.2) is 4.98 Å². The molecule has 1 saturated carbocycles. The molecule has 2 aliphatic rings. The molecule has 1 aliphatic heterocycles. The van der Waals surface area contributed by atoms with Crippen LogP contribution in [0.25, 0.3) is 22.6 Å². The van der Waals surface area contributed by atoms with Crippen molar-refractivity contribution in [3.63, 3.8) is 0 Å². The summed E-state index contributed by atoms with van der Waals surface area (Å²) in [4.78, 5) is 8.15. The minimum absolute atomic E-state index is 0.167. The third-order valence-electron chi connectivity index (χ3n) is 4.93. The summed E-state index contributed by atoms with van der Waals surface area (Å²) in [5.41, 5.74) is 6.95.